The van der Waals surface area contributed by atoms with Crippen molar-refractivity contribution in [3.05, 3.63) is 63.2 Å². The number of halogens is 1. The summed E-state index contributed by atoms with van der Waals surface area (Å²) in [6, 6.07) is 13.0. The van der Waals surface area contributed by atoms with Gasteiger partial charge in [-0.1, -0.05) is 23.7 Å². The second kappa shape index (κ2) is 11.3. The number of carbonyl (C=O) groups is 1. The fourth-order valence-corrected chi connectivity index (χ4v) is 4.45. The molecule has 0 aliphatic carbocycles. The molecule has 1 fully saturated rings. The summed E-state index contributed by atoms with van der Waals surface area (Å²) in [6.45, 7) is 2.21. The molecule has 1 amide bonds. The van der Waals surface area contributed by atoms with Crippen LogP contribution in [0.1, 0.15) is 5.56 Å². The Bertz CT molecular complexity index is 1250. The second-order valence-corrected chi connectivity index (χ2v) is 8.66. The van der Waals surface area contributed by atoms with Gasteiger partial charge in [-0.2, -0.15) is 5.10 Å². The highest BCUT2D eigenvalue weighted by molar-refractivity contribution is 7.07. The number of aromatic nitrogens is 1. The van der Waals surface area contributed by atoms with Crippen LogP contribution in [-0.4, -0.2) is 68.8 Å². The fraction of sp³-hybridized carbons (Fsp3) is 0.292. The first-order chi connectivity index (χ1) is 16.6. The third-order valence-corrected chi connectivity index (χ3v) is 6.36. The van der Waals surface area contributed by atoms with E-state index >= 15 is 0 Å². The third kappa shape index (κ3) is 5.67. The molecule has 178 valence electrons. The van der Waals surface area contributed by atoms with Crippen LogP contribution in [0.25, 0.3) is 11.3 Å². The number of amides is 1. The Morgan fingerprint density at radius 1 is 1.21 bits per heavy atom. The van der Waals surface area contributed by atoms with Crippen molar-refractivity contribution in [2.45, 2.75) is 0 Å². The number of hydrogen-bond donors (Lipinski definition) is 0. The molecule has 1 aromatic heterocycles. The van der Waals surface area contributed by atoms with Gasteiger partial charge in [-0.15, -0.1) is 11.3 Å². The predicted molar refractivity (Wildman–Crippen MR) is 133 cm³/mol. The Labute approximate surface area is 206 Å². The van der Waals surface area contributed by atoms with Gasteiger partial charge in [0.25, 0.3) is 5.91 Å². The lowest BCUT2D eigenvalue weighted by molar-refractivity contribution is -0.137. The molecule has 0 spiro atoms. The molecule has 3 aromatic rings. The van der Waals surface area contributed by atoms with Gasteiger partial charge in [0.1, 0.15) is 0 Å². The molecule has 34 heavy (non-hydrogen) atoms. The lowest BCUT2D eigenvalue weighted by atomic mass is 10.2. The highest BCUT2D eigenvalue weighted by Gasteiger charge is 2.18. The quantitative estimate of drug-likeness (QED) is 0.465. The minimum absolute atomic E-state index is 0.0566. The summed E-state index contributed by atoms with van der Waals surface area (Å²) >= 11 is 7.67. The van der Waals surface area contributed by atoms with E-state index in [1.165, 1.54) is 11.3 Å². The van der Waals surface area contributed by atoms with Gasteiger partial charge in [-0.05, 0) is 35.9 Å². The average molecular weight is 501 g/mol. The largest absolute Gasteiger partial charge is 0.493 e. The summed E-state index contributed by atoms with van der Waals surface area (Å²) in [6.07, 6.45) is 1.72. The summed E-state index contributed by atoms with van der Waals surface area (Å²) in [5, 5.41) is 7.30. The van der Waals surface area contributed by atoms with Crippen molar-refractivity contribution in [3.8, 4) is 22.8 Å². The van der Waals surface area contributed by atoms with E-state index in [0.717, 1.165) is 21.6 Å². The van der Waals surface area contributed by atoms with Crippen LogP contribution in [-0.2, 0) is 9.53 Å². The fourth-order valence-electron chi connectivity index (χ4n) is 3.46. The van der Waals surface area contributed by atoms with Gasteiger partial charge < -0.3 is 19.1 Å². The van der Waals surface area contributed by atoms with E-state index in [0.29, 0.717) is 42.8 Å². The van der Waals surface area contributed by atoms with E-state index in [2.05, 4.69) is 10.1 Å². The maximum absolute atomic E-state index is 12.4. The zero-order chi connectivity index (χ0) is 23.9. The Kier molecular flexibility index (Phi) is 7.99. The Hall–Kier alpha value is -3.14. The molecule has 4 rings (SSSR count). The van der Waals surface area contributed by atoms with Crippen molar-refractivity contribution < 1.29 is 19.0 Å². The van der Waals surface area contributed by atoms with Gasteiger partial charge in [0.05, 0.1) is 32.2 Å². The van der Waals surface area contributed by atoms with Gasteiger partial charge in [0.15, 0.2) is 18.1 Å². The highest BCUT2D eigenvalue weighted by Crippen LogP contribution is 2.28. The van der Waals surface area contributed by atoms with Crippen LogP contribution in [0.5, 0.6) is 11.5 Å². The molecule has 2 aromatic carbocycles. The zero-order valence-corrected chi connectivity index (χ0v) is 20.5. The van der Waals surface area contributed by atoms with Crippen molar-refractivity contribution in [2.24, 2.45) is 10.1 Å². The van der Waals surface area contributed by atoms with Gasteiger partial charge in [-0.3, -0.25) is 9.79 Å². The molecule has 0 N–H and O–H groups in total. The van der Waals surface area contributed by atoms with Gasteiger partial charge in [-0.25, -0.2) is 4.68 Å². The van der Waals surface area contributed by atoms with Crippen LogP contribution in [0.15, 0.2) is 57.9 Å². The van der Waals surface area contributed by atoms with E-state index in [-0.39, 0.29) is 12.5 Å². The van der Waals surface area contributed by atoms with Crippen LogP contribution >= 0.6 is 22.9 Å². The van der Waals surface area contributed by atoms with Crippen LogP contribution in [0.3, 0.4) is 0 Å². The predicted octanol–water partition coefficient (Wildman–Crippen LogP) is 3.53. The molecule has 1 saturated heterocycles. The molecule has 0 radical (unpaired) electrons. The topological polar surface area (TPSA) is 77.7 Å². The molecule has 2 heterocycles. The Morgan fingerprint density at radius 2 is 2.03 bits per heavy atom. The van der Waals surface area contributed by atoms with Crippen molar-refractivity contribution in [3.63, 3.8) is 0 Å². The number of thiazole rings is 1. The third-order valence-electron chi connectivity index (χ3n) is 5.22. The zero-order valence-electron chi connectivity index (χ0n) is 18.9. The number of hydrogen-bond acceptors (Lipinski definition) is 7. The smallest absolute Gasteiger partial charge is 0.260 e. The molecular weight excluding hydrogens is 476 g/mol. The summed E-state index contributed by atoms with van der Waals surface area (Å²) in [5.41, 5.74) is 2.64. The van der Waals surface area contributed by atoms with Crippen molar-refractivity contribution in [1.29, 1.82) is 0 Å². The number of nitrogens with zero attached hydrogens (tertiary/aromatic N) is 4. The number of ether oxygens (including phenoxy) is 3. The first kappa shape index (κ1) is 24.0. The Balaban J connectivity index is 1.52. The number of rotatable bonds is 7. The van der Waals surface area contributed by atoms with Crippen LogP contribution in [0.2, 0.25) is 5.02 Å². The lowest BCUT2D eigenvalue weighted by Gasteiger charge is -2.26. The normalized spacial score (nSPS) is 14.6. The van der Waals surface area contributed by atoms with Crippen molar-refractivity contribution in [2.75, 3.05) is 47.1 Å². The van der Waals surface area contributed by atoms with Gasteiger partial charge in [0, 0.05) is 36.1 Å². The van der Waals surface area contributed by atoms with Crippen LogP contribution < -0.4 is 14.3 Å². The number of benzene rings is 2. The standard InChI is InChI=1S/C24H25ClN4O4S/c1-26-24-29(20(16-34-24)18-4-3-5-19(25)13-18)27-14-17-6-7-21(22(12-17)31-2)33-15-23(30)28-8-10-32-11-9-28/h3-7,12-14,16H,8-11,15H2,1-2H3. The molecule has 1 aliphatic heterocycles. The first-order valence-electron chi connectivity index (χ1n) is 10.7. The molecule has 0 bridgehead atoms. The molecule has 0 atom stereocenters. The van der Waals surface area contributed by atoms with E-state index in [4.69, 9.17) is 25.8 Å². The molecule has 8 nitrogen and oxygen atoms in total. The lowest BCUT2D eigenvalue weighted by Crippen LogP contribution is -2.43. The molecular formula is C24H25ClN4O4S. The van der Waals surface area contributed by atoms with E-state index in [9.17, 15) is 4.79 Å². The first-order valence-corrected chi connectivity index (χ1v) is 11.9. The van der Waals surface area contributed by atoms with Gasteiger partial charge in [0.2, 0.25) is 4.80 Å². The number of methoxy groups -OCH3 is 1. The van der Waals surface area contributed by atoms with Crippen LogP contribution in [0.4, 0.5) is 0 Å². The molecule has 0 unspecified atom stereocenters. The summed E-state index contributed by atoms with van der Waals surface area (Å²) in [7, 11) is 3.29. The average Bonchev–Trinajstić information content (AvgIpc) is 3.29. The van der Waals surface area contributed by atoms with E-state index in [1.54, 1.807) is 36.0 Å². The van der Waals surface area contributed by atoms with E-state index < -0.39 is 0 Å². The van der Waals surface area contributed by atoms with Crippen molar-refractivity contribution in [1.82, 2.24) is 9.58 Å². The maximum Gasteiger partial charge on any atom is 0.260 e. The highest BCUT2D eigenvalue weighted by atomic mass is 35.5. The molecule has 1 aliphatic rings. The second-order valence-electron chi connectivity index (χ2n) is 7.39. The van der Waals surface area contributed by atoms with Crippen LogP contribution in [0, 0.1) is 0 Å². The maximum atomic E-state index is 12.4. The SMILES string of the molecule is CN=c1scc(-c2cccc(Cl)c2)n1N=Cc1ccc(OCC(=O)N2CCOCC2)c(OC)c1. The van der Waals surface area contributed by atoms with Gasteiger partial charge >= 0.3 is 0 Å². The summed E-state index contributed by atoms with van der Waals surface area (Å²) in [5.74, 6) is 0.937. The summed E-state index contributed by atoms with van der Waals surface area (Å²) < 4.78 is 18.3. The molecule has 10 heteroatoms. The van der Waals surface area contributed by atoms with Crippen molar-refractivity contribution >= 4 is 35.1 Å². The van der Waals surface area contributed by atoms with E-state index in [1.807, 2.05) is 41.8 Å². The summed E-state index contributed by atoms with van der Waals surface area (Å²) in [4.78, 5) is 19.2. The minimum Gasteiger partial charge on any atom is -0.493 e. The number of carbonyl (C=O) groups excluding carboxylic acids is 1. The Morgan fingerprint density at radius 3 is 2.76 bits per heavy atom. The monoisotopic (exact) mass is 500 g/mol. The molecule has 0 saturated carbocycles. The minimum atomic E-state index is -0.0748. The number of morpholine rings is 1.